The quantitative estimate of drug-likeness (QED) is 0.304. The van der Waals surface area contributed by atoms with Crippen LogP contribution in [0.2, 0.25) is 0 Å². The molecule has 0 spiro atoms. The Balaban J connectivity index is 1.19. The number of aliphatic hydroxyl groups excluding tert-OH is 1. The average molecular weight is 502 g/mol. The summed E-state index contributed by atoms with van der Waals surface area (Å²) in [4.78, 5) is 2.42. The number of halogens is 3. The average Bonchev–Trinajstić information content (AvgIpc) is 2.89. The van der Waals surface area contributed by atoms with E-state index in [1.807, 2.05) is 24.3 Å². The Kier molecular flexibility index (Phi) is 8.75. The molecular formula is C29H34F3NO3. The minimum atomic E-state index is -4.39. The number of methoxy groups -OCH3 is 1. The van der Waals surface area contributed by atoms with Crippen LogP contribution in [0.3, 0.4) is 0 Å². The van der Waals surface area contributed by atoms with E-state index in [0.717, 1.165) is 75.5 Å². The molecule has 36 heavy (non-hydrogen) atoms. The van der Waals surface area contributed by atoms with Crippen LogP contribution in [0.4, 0.5) is 13.2 Å². The molecule has 0 saturated carbocycles. The van der Waals surface area contributed by atoms with Crippen molar-refractivity contribution >= 4 is 10.8 Å². The zero-order valence-corrected chi connectivity index (χ0v) is 20.6. The van der Waals surface area contributed by atoms with Crippen molar-refractivity contribution in [2.45, 2.75) is 56.9 Å². The summed E-state index contributed by atoms with van der Waals surface area (Å²) >= 11 is 0. The lowest BCUT2D eigenvalue weighted by molar-refractivity contribution is -0.136. The summed E-state index contributed by atoms with van der Waals surface area (Å²) < 4.78 is 51.5. The Hall–Kier alpha value is -2.77. The number of unbranched alkanes of at least 4 members (excludes halogenated alkanes) is 2. The van der Waals surface area contributed by atoms with E-state index in [4.69, 9.17) is 9.47 Å². The summed E-state index contributed by atoms with van der Waals surface area (Å²) in [7, 11) is 1.63. The summed E-state index contributed by atoms with van der Waals surface area (Å²) in [6.45, 7) is 2.84. The summed E-state index contributed by atoms with van der Waals surface area (Å²) in [5, 5.41) is 11.1. The molecule has 1 unspecified atom stereocenters. The van der Waals surface area contributed by atoms with Gasteiger partial charge in [0.05, 0.1) is 18.8 Å². The number of hydrogen-bond acceptors (Lipinski definition) is 4. The van der Waals surface area contributed by atoms with Crippen LogP contribution in [-0.2, 0) is 6.18 Å². The second kappa shape index (κ2) is 12.0. The van der Waals surface area contributed by atoms with Gasteiger partial charge >= 0.3 is 6.18 Å². The van der Waals surface area contributed by atoms with Gasteiger partial charge in [-0.25, -0.2) is 0 Å². The van der Waals surface area contributed by atoms with Gasteiger partial charge in [-0.3, -0.25) is 0 Å². The first kappa shape index (κ1) is 26.3. The topological polar surface area (TPSA) is 41.9 Å². The van der Waals surface area contributed by atoms with Crippen LogP contribution in [0, 0.1) is 0 Å². The second-order valence-corrected chi connectivity index (χ2v) is 9.45. The van der Waals surface area contributed by atoms with Crippen LogP contribution in [0.15, 0.2) is 60.7 Å². The maximum Gasteiger partial charge on any atom is 0.417 e. The molecule has 0 radical (unpaired) electrons. The van der Waals surface area contributed by atoms with Crippen LogP contribution in [0.1, 0.15) is 55.8 Å². The van der Waals surface area contributed by atoms with Gasteiger partial charge in [0.2, 0.25) is 0 Å². The number of alkyl halides is 3. The molecule has 0 aromatic heterocycles. The highest BCUT2D eigenvalue weighted by Crippen LogP contribution is 2.38. The Morgan fingerprint density at radius 1 is 0.917 bits per heavy atom. The normalized spacial score (nSPS) is 16.2. The van der Waals surface area contributed by atoms with Gasteiger partial charge in [-0.2, -0.15) is 13.2 Å². The Bertz CT molecular complexity index is 1110. The van der Waals surface area contributed by atoms with Gasteiger partial charge < -0.3 is 19.5 Å². The van der Waals surface area contributed by atoms with E-state index < -0.39 is 17.8 Å². The fraction of sp³-hybridized carbons (Fsp3) is 0.448. The predicted molar refractivity (Wildman–Crippen MR) is 135 cm³/mol. The third kappa shape index (κ3) is 6.71. The Morgan fingerprint density at radius 3 is 2.28 bits per heavy atom. The van der Waals surface area contributed by atoms with Crippen LogP contribution in [0.5, 0.6) is 11.5 Å². The number of aliphatic hydroxyl groups is 1. The number of fused-ring (bicyclic) bond motifs is 1. The van der Waals surface area contributed by atoms with Crippen LogP contribution in [0.25, 0.3) is 10.8 Å². The number of piperidine rings is 1. The zero-order chi connectivity index (χ0) is 25.5. The molecule has 1 saturated heterocycles. The molecular weight excluding hydrogens is 467 g/mol. The van der Waals surface area contributed by atoms with Gasteiger partial charge in [-0.05, 0) is 67.4 Å². The molecule has 1 heterocycles. The maximum absolute atomic E-state index is 13.4. The van der Waals surface area contributed by atoms with E-state index in [2.05, 4.69) is 4.90 Å². The van der Waals surface area contributed by atoms with Gasteiger partial charge in [0.1, 0.15) is 17.6 Å². The fourth-order valence-corrected chi connectivity index (χ4v) is 4.89. The smallest absolute Gasteiger partial charge is 0.417 e. The largest absolute Gasteiger partial charge is 0.497 e. The highest BCUT2D eigenvalue weighted by molar-refractivity contribution is 5.91. The number of rotatable bonds is 10. The molecule has 1 aliphatic heterocycles. The number of nitrogens with zero attached hydrogens (tertiary/aromatic N) is 1. The fourth-order valence-electron chi connectivity index (χ4n) is 4.89. The van der Waals surface area contributed by atoms with Crippen molar-refractivity contribution in [1.82, 2.24) is 4.90 Å². The minimum absolute atomic E-state index is 0.000960. The number of likely N-dealkylation sites (tertiary alicyclic amines) is 1. The summed E-state index contributed by atoms with van der Waals surface area (Å²) in [5.41, 5.74) is 0.287. The SMILES string of the molecule is COc1ccc(C(O)CCCCCN2CCC(Oc3ccc(C(F)(F)F)c4ccccc34)CC2)cc1. The van der Waals surface area contributed by atoms with Crippen molar-refractivity contribution in [1.29, 1.82) is 0 Å². The molecule has 4 nitrogen and oxygen atoms in total. The van der Waals surface area contributed by atoms with Crippen molar-refractivity contribution in [3.8, 4) is 11.5 Å². The van der Waals surface area contributed by atoms with E-state index >= 15 is 0 Å². The third-order valence-electron chi connectivity index (χ3n) is 6.97. The lowest BCUT2D eigenvalue weighted by atomic mass is 10.0. The van der Waals surface area contributed by atoms with Crippen molar-refractivity contribution in [3.05, 3.63) is 71.8 Å². The molecule has 0 aliphatic carbocycles. The van der Waals surface area contributed by atoms with Crippen molar-refractivity contribution < 1.29 is 27.8 Å². The molecule has 1 aliphatic rings. The highest BCUT2D eigenvalue weighted by atomic mass is 19.4. The van der Waals surface area contributed by atoms with E-state index in [1.54, 1.807) is 25.3 Å². The highest BCUT2D eigenvalue weighted by Gasteiger charge is 2.33. The molecule has 1 N–H and O–H groups in total. The van der Waals surface area contributed by atoms with E-state index in [0.29, 0.717) is 11.1 Å². The van der Waals surface area contributed by atoms with Gasteiger partial charge in [0, 0.05) is 18.5 Å². The van der Waals surface area contributed by atoms with Crippen LogP contribution < -0.4 is 9.47 Å². The Morgan fingerprint density at radius 2 is 1.61 bits per heavy atom. The molecule has 194 valence electrons. The molecule has 3 aromatic rings. The van der Waals surface area contributed by atoms with Gasteiger partial charge in [-0.1, -0.05) is 49.2 Å². The summed E-state index contributed by atoms with van der Waals surface area (Å²) in [5.74, 6) is 1.31. The molecule has 0 bridgehead atoms. The summed E-state index contributed by atoms with van der Waals surface area (Å²) in [6, 6.07) is 16.7. The first-order valence-electron chi connectivity index (χ1n) is 12.6. The minimum Gasteiger partial charge on any atom is -0.497 e. The number of hydrogen-bond donors (Lipinski definition) is 1. The first-order valence-corrected chi connectivity index (χ1v) is 12.6. The lowest BCUT2D eigenvalue weighted by Gasteiger charge is -2.32. The van der Waals surface area contributed by atoms with Crippen molar-refractivity contribution in [2.24, 2.45) is 0 Å². The van der Waals surface area contributed by atoms with Gasteiger partial charge in [0.15, 0.2) is 0 Å². The van der Waals surface area contributed by atoms with Gasteiger partial charge in [-0.15, -0.1) is 0 Å². The standard InChI is InChI=1S/C29H34F3NO3/c1-35-22-12-10-21(11-13-22)27(34)9-3-2-6-18-33-19-16-23(17-20-33)36-28-15-14-26(29(30,31)32)24-7-4-5-8-25(24)28/h4-5,7-8,10-15,23,27,34H,2-3,6,9,16-20H2,1H3. The molecule has 7 heteroatoms. The second-order valence-electron chi connectivity index (χ2n) is 9.45. The maximum atomic E-state index is 13.4. The molecule has 3 aromatic carbocycles. The Labute approximate surface area is 210 Å². The monoisotopic (exact) mass is 501 g/mol. The molecule has 1 atom stereocenters. The number of benzene rings is 3. The lowest BCUT2D eigenvalue weighted by Crippen LogP contribution is -2.38. The molecule has 1 fully saturated rings. The first-order chi connectivity index (χ1) is 17.3. The van der Waals surface area contributed by atoms with Crippen LogP contribution >= 0.6 is 0 Å². The van der Waals surface area contributed by atoms with Crippen LogP contribution in [-0.4, -0.2) is 42.9 Å². The molecule has 0 amide bonds. The van der Waals surface area contributed by atoms with Crippen molar-refractivity contribution in [2.75, 3.05) is 26.7 Å². The predicted octanol–water partition coefficient (Wildman–Crippen LogP) is 7.00. The third-order valence-corrected chi connectivity index (χ3v) is 6.97. The van der Waals surface area contributed by atoms with E-state index in [-0.39, 0.29) is 11.5 Å². The summed E-state index contributed by atoms with van der Waals surface area (Å²) in [6.07, 6.45) is 0.697. The number of ether oxygens (including phenoxy) is 2. The zero-order valence-electron chi connectivity index (χ0n) is 20.6. The van der Waals surface area contributed by atoms with E-state index in [1.165, 1.54) is 12.1 Å². The van der Waals surface area contributed by atoms with Crippen molar-refractivity contribution in [3.63, 3.8) is 0 Å². The van der Waals surface area contributed by atoms with E-state index in [9.17, 15) is 18.3 Å². The van der Waals surface area contributed by atoms with Gasteiger partial charge in [0.25, 0.3) is 0 Å². The molecule has 4 rings (SSSR count).